The Morgan fingerprint density at radius 2 is 2.00 bits per heavy atom. The number of nitrogen functional groups attached to an aromatic ring is 1. The lowest BCUT2D eigenvalue weighted by atomic mass is 10.2. The van der Waals surface area contributed by atoms with Gasteiger partial charge >= 0.3 is 0 Å². The molecule has 0 heterocycles. The molecule has 0 saturated heterocycles. The van der Waals surface area contributed by atoms with Crippen molar-refractivity contribution < 1.29 is 0 Å². The van der Waals surface area contributed by atoms with E-state index >= 15 is 0 Å². The Kier molecular flexibility index (Phi) is 2.90. The van der Waals surface area contributed by atoms with Crippen molar-refractivity contribution in [3.05, 3.63) is 35.9 Å². The van der Waals surface area contributed by atoms with E-state index in [2.05, 4.69) is 5.10 Å². The lowest BCUT2D eigenvalue weighted by Crippen LogP contribution is -1.87. The van der Waals surface area contributed by atoms with E-state index in [-0.39, 0.29) is 0 Å². The van der Waals surface area contributed by atoms with Crippen molar-refractivity contribution in [2.45, 2.75) is 0 Å². The molecule has 0 fully saturated rings. The first-order valence-electron chi connectivity index (χ1n) is 3.59. The summed E-state index contributed by atoms with van der Waals surface area (Å²) in [6.07, 6.45) is 5.10. The number of hydrogen-bond acceptors (Lipinski definition) is 3. The van der Waals surface area contributed by atoms with Gasteiger partial charge in [-0.25, -0.2) is 0 Å². The van der Waals surface area contributed by atoms with Gasteiger partial charge in [-0.3, -0.25) is 0 Å². The molecule has 0 aliphatic carbocycles. The second-order valence-corrected chi connectivity index (χ2v) is 2.29. The van der Waals surface area contributed by atoms with E-state index in [1.165, 1.54) is 6.21 Å². The Morgan fingerprint density at radius 3 is 2.67 bits per heavy atom. The number of nitrogens with zero attached hydrogens (tertiary/aromatic N) is 1. The fourth-order valence-electron chi connectivity index (χ4n) is 0.859. The second kappa shape index (κ2) is 4.18. The molecule has 4 N–H and O–H groups in total. The van der Waals surface area contributed by atoms with Gasteiger partial charge in [0, 0.05) is 11.9 Å². The zero-order valence-corrected chi connectivity index (χ0v) is 6.64. The number of benzene rings is 1. The molecular weight excluding hydrogens is 150 g/mol. The minimum absolute atomic E-state index is 0.749. The summed E-state index contributed by atoms with van der Waals surface area (Å²) in [4.78, 5) is 0. The van der Waals surface area contributed by atoms with E-state index in [4.69, 9.17) is 11.6 Å². The highest BCUT2D eigenvalue weighted by molar-refractivity contribution is 5.80. The molecule has 0 spiro atoms. The van der Waals surface area contributed by atoms with Crippen molar-refractivity contribution in [2.75, 3.05) is 5.73 Å². The van der Waals surface area contributed by atoms with Gasteiger partial charge in [-0.05, 0) is 17.7 Å². The summed E-state index contributed by atoms with van der Waals surface area (Å²) in [6.45, 7) is 0. The summed E-state index contributed by atoms with van der Waals surface area (Å²) in [7, 11) is 0. The highest BCUT2D eigenvalue weighted by Gasteiger charge is 1.89. The molecule has 1 rings (SSSR count). The van der Waals surface area contributed by atoms with Gasteiger partial charge in [0.15, 0.2) is 0 Å². The van der Waals surface area contributed by atoms with Crippen LogP contribution in [0.4, 0.5) is 5.69 Å². The van der Waals surface area contributed by atoms with Crippen molar-refractivity contribution >= 4 is 18.0 Å². The van der Waals surface area contributed by atoms with Gasteiger partial charge < -0.3 is 11.6 Å². The molecule has 3 heteroatoms. The van der Waals surface area contributed by atoms with Gasteiger partial charge in [0.25, 0.3) is 0 Å². The average molecular weight is 161 g/mol. The van der Waals surface area contributed by atoms with Gasteiger partial charge in [0.05, 0.1) is 0 Å². The molecule has 62 valence electrons. The van der Waals surface area contributed by atoms with E-state index in [0.29, 0.717) is 0 Å². The fraction of sp³-hybridized carbons (Fsp3) is 0. The third-order valence-electron chi connectivity index (χ3n) is 1.44. The molecule has 0 unspecified atom stereocenters. The van der Waals surface area contributed by atoms with E-state index in [9.17, 15) is 0 Å². The van der Waals surface area contributed by atoms with Crippen molar-refractivity contribution in [2.24, 2.45) is 10.9 Å². The SMILES string of the molecule is N/N=C/C=C/c1ccccc1N. The van der Waals surface area contributed by atoms with Crippen LogP contribution in [-0.4, -0.2) is 6.21 Å². The number of allylic oxidation sites excluding steroid dienone is 1. The van der Waals surface area contributed by atoms with Crippen LogP contribution in [-0.2, 0) is 0 Å². The smallest absolute Gasteiger partial charge is 0.0465 e. The van der Waals surface area contributed by atoms with E-state index in [1.807, 2.05) is 30.3 Å². The Balaban J connectivity index is 2.82. The maximum Gasteiger partial charge on any atom is 0.0465 e. The quantitative estimate of drug-likeness (QED) is 0.296. The van der Waals surface area contributed by atoms with Crippen LogP contribution in [0, 0.1) is 0 Å². The Labute approximate surface area is 71.4 Å². The highest BCUT2D eigenvalue weighted by Crippen LogP contribution is 2.11. The zero-order valence-electron chi connectivity index (χ0n) is 6.64. The van der Waals surface area contributed by atoms with Gasteiger partial charge in [0.2, 0.25) is 0 Å². The summed E-state index contributed by atoms with van der Waals surface area (Å²) in [6, 6.07) is 7.59. The minimum atomic E-state index is 0.749. The molecular formula is C9H11N3. The van der Waals surface area contributed by atoms with Crippen LogP contribution in [0.5, 0.6) is 0 Å². The summed E-state index contributed by atoms with van der Waals surface area (Å²) in [5, 5.41) is 3.33. The molecule has 0 bridgehead atoms. The largest absolute Gasteiger partial charge is 0.398 e. The Hall–Kier alpha value is -1.77. The Bertz CT molecular complexity index is 302. The van der Waals surface area contributed by atoms with Crippen LogP contribution >= 0.6 is 0 Å². The van der Waals surface area contributed by atoms with Gasteiger partial charge in [0.1, 0.15) is 0 Å². The first kappa shape index (κ1) is 8.33. The van der Waals surface area contributed by atoms with Crippen LogP contribution in [0.25, 0.3) is 6.08 Å². The molecule has 1 aromatic carbocycles. The summed E-state index contributed by atoms with van der Waals surface area (Å²) in [5.74, 6) is 4.92. The third kappa shape index (κ3) is 2.12. The van der Waals surface area contributed by atoms with Crippen molar-refractivity contribution in [3.63, 3.8) is 0 Å². The van der Waals surface area contributed by atoms with E-state index in [0.717, 1.165) is 11.3 Å². The van der Waals surface area contributed by atoms with Crippen molar-refractivity contribution in [1.29, 1.82) is 0 Å². The van der Waals surface area contributed by atoms with Crippen molar-refractivity contribution in [1.82, 2.24) is 0 Å². The van der Waals surface area contributed by atoms with Crippen LogP contribution in [0.15, 0.2) is 35.4 Å². The number of nitrogens with two attached hydrogens (primary N) is 2. The molecule has 0 radical (unpaired) electrons. The zero-order chi connectivity index (χ0) is 8.81. The first-order valence-corrected chi connectivity index (χ1v) is 3.59. The molecule has 12 heavy (non-hydrogen) atoms. The molecule has 1 aromatic rings. The minimum Gasteiger partial charge on any atom is -0.398 e. The topological polar surface area (TPSA) is 64.4 Å². The van der Waals surface area contributed by atoms with Crippen LogP contribution in [0.1, 0.15) is 5.56 Å². The molecule has 0 amide bonds. The fourth-order valence-corrected chi connectivity index (χ4v) is 0.859. The monoisotopic (exact) mass is 161 g/mol. The summed E-state index contributed by atoms with van der Waals surface area (Å²) >= 11 is 0. The lowest BCUT2D eigenvalue weighted by molar-refractivity contribution is 1.27. The maximum absolute atomic E-state index is 5.68. The highest BCUT2D eigenvalue weighted by atomic mass is 15.1. The van der Waals surface area contributed by atoms with E-state index in [1.54, 1.807) is 6.08 Å². The molecule has 0 aromatic heterocycles. The molecule has 0 aliphatic heterocycles. The maximum atomic E-state index is 5.68. The predicted molar refractivity (Wildman–Crippen MR) is 52.6 cm³/mol. The normalized spacial score (nSPS) is 11.3. The lowest BCUT2D eigenvalue weighted by Gasteiger charge is -1.96. The summed E-state index contributed by atoms with van der Waals surface area (Å²) in [5.41, 5.74) is 7.39. The molecule has 0 aliphatic rings. The van der Waals surface area contributed by atoms with Crippen molar-refractivity contribution in [3.8, 4) is 0 Å². The van der Waals surface area contributed by atoms with Crippen LogP contribution < -0.4 is 11.6 Å². The Morgan fingerprint density at radius 1 is 1.25 bits per heavy atom. The molecule has 3 nitrogen and oxygen atoms in total. The number of hydrogen-bond donors (Lipinski definition) is 2. The number of hydrazone groups is 1. The van der Waals surface area contributed by atoms with Crippen LogP contribution in [0.3, 0.4) is 0 Å². The number of para-hydroxylation sites is 1. The number of rotatable bonds is 2. The summed E-state index contributed by atoms with van der Waals surface area (Å²) < 4.78 is 0. The molecule has 0 atom stereocenters. The standard InChI is InChI=1S/C9H11N3/c10-9-6-2-1-4-8(9)5-3-7-12-11/h1-7H,10-11H2/b5-3+,12-7+. The molecule has 0 saturated carbocycles. The number of anilines is 1. The van der Waals surface area contributed by atoms with E-state index < -0.39 is 0 Å². The first-order chi connectivity index (χ1) is 5.84. The predicted octanol–water partition coefficient (Wildman–Crippen LogP) is 1.23. The third-order valence-corrected chi connectivity index (χ3v) is 1.44. The van der Waals surface area contributed by atoms with Gasteiger partial charge in [-0.15, -0.1) is 0 Å². The van der Waals surface area contributed by atoms with Gasteiger partial charge in [-0.1, -0.05) is 24.3 Å². The van der Waals surface area contributed by atoms with Crippen LogP contribution in [0.2, 0.25) is 0 Å². The second-order valence-electron chi connectivity index (χ2n) is 2.29. The van der Waals surface area contributed by atoms with Gasteiger partial charge in [-0.2, -0.15) is 5.10 Å². The average Bonchev–Trinajstić information content (AvgIpc) is 2.09.